The maximum Gasteiger partial charge on any atom is 0.314 e. The van der Waals surface area contributed by atoms with Crippen molar-refractivity contribution >= 4 is 34.9 Å². The molecule has 0 aliphatic carbocycles. The number of amides is 3. The summed E-state index contributed by atoms with van der Waals surface area (Å²) in [5, 5.41) is 2.92. The van der Waals surface area contributed by atoms with Gasteiger partial charge in [-0.3, -0.25) is 4.79 Å². The van der Waals surface area contributed by atoms with Crippen molar-refractivity contribution in [2.24, 2.45) is 11.7 Å². The Labute approximate surface area is 127 Å². The van der Waals surface area contributed by atoms with E-state index in [-0.39, 0.29) is 11.8 Å². The van der Waals surface area contributed by atoms with Crippen LogP contribution in [-0.2, 0) is 11.2 Å². The fourth-order valence-corrected chi connectivity index (χ4v) is 3.42. The predicted molar refractivity (Wildman–Crippen MR) is 79.9 cm³/mol. The predicted octanol–water partition coefficient (Wildman–Crippen LogP) is 1.85. The number of rotatable bonds is 4. The first-order chi connectivity index (χ1) is 9.56. The van der Waals surface area contributed by atoms with E-state index in [9.17, 15) is 9.59 Å². The number of carbonyl (C=O) groups is 2. The van der Waals surface area contributed by atoms with Crippen molar-refractivity contribution in [1.82, 2.24) is 10.2 Å². The highest BCUT2D eigenvalue weighted by Crippen LogP contribution is 2.21. The Morgan fingerprint density at radius 2 is 2.30 bits per heavy atom. The standard InChI is InChI=1S/C13H18ClN3O2S/c14-11-4-3-10(20-11)5-6-16-12(18)9-2-1-7-17(8-9)13(15)19/h3-4,9H,1-2,5-8H2,(H2,15,19)(H,16,18)/t9-/m1/s1. The Kier molecular flexibility index (Phi) is 5.25. The first-order valence-electron chi connectivity index (χ1n) is 6.62. The van der Waals surface area contributed by atoms with Gasteiger partial charge in [0.05, 0.1) is 10.3 Å². The van der Waals surface area contributed by atoms with Gasteiger partial charge in [-0.1, -0.05) is 11.6 Å². The minimum atomic E-state index is -0.448. The first kappa shape index (κ1) is 15.1. The molecule has 2 heterocycles. The zero-order chi connectivity index (χ0) is 14.5. The normalized spacial score (nSPS) is 18.9. The number of piperidine rings is 1. The number of hydrogen-bond donors (Lipinski definition) is 2. The lowest BCUT2D eigenvalue weighted by Gasteiger charge is -2.30. The van der Waals surface area contributed by atoms with Crippen LogP contribution in [0.25, 0.3) is 0 Å². The second-order valence-electron chi connectivity index (χ2n) is 4.87. The molecule has 0 aromatic carbocycles. The van der Waals surface area contributed by atoms with Crippen LogP contribution >= 0.6 is 22.9 Å². The van der Waals surface area contributed by atoms with Crippen molar-refractivity contribution in [3.63, 3.8) is 0 Å². The molecule has 0 spiro atoms. The molecular formula is C13H18ClN3O2S. The number of carbonyl (C=O) groups excluding carboxylic acids is 2. The summed E-state index contributed by atoms with van der Waals surface area (Å²) in [5.41, 5.74) is 5.25. The number of likely N-dealkylation sites (tertiary alicyclic amines) is 1. The summed E-state index contributed by atoms with van der Waals surface area (Å²) in [6, 6.07) is 3.37. The zero-order valence-corrected chi connectivity index (χ0v) is 12.7. The molecular weight excluding hydrogens is 298 g/mol. The molecule has 0 unspecified atom stereocenters. The molecule has 1 saturated heterocycles. The van der Waals surface area contributed by atoms with Crippen LogP contribution in [0.5, 0.6) is 0 Å². The molecule has 0 bridgehead atoms. The number of nitrogens with zero attached hydrogens (tertiary/aromatic N) is 1. The topological polar surface area (TPSA) is 75.4 Å². The van der Waals surface area contributed by atoms with E-state index < -0.39 is 6.03 Å². The second-order valence-corrected chi connectivity index (χ2v) is 6.67. The van der Waals surface area contributed by atoms with Crippen LogP contribution in [0.1, 0.15) is 17.7 Å². The SMILES string of the molecule is NC(=O)N1CCC[C@@H](C(=O)NCCc2ccc(Cl)s2)C1. The van der Waals surface area contributed by atoms with Gasteiger partial charge in [0, 0.05) is 24.5 Å². The summed E-state index contributed by atoms with van der Waals surface area (Å²) in [6.07, 6.45) is 2.40. The highest BCUT2D eigenvalue weighted by Gasteiger charge is 2.27. The lowest BCUT2D eigenvalue weighted by molar-refractivity contribution is -0.126. The minimum Gasteiger partial charge on any atom is -0.355 e. The molecule has 1 aliphatic rings. The van der Waals surface area contributed by atoms with Crippen LogP contribution in [0, 0.1) is 5.92 Å². The van der Waals surface area contributed by atoms with E-state index in [1.807, 2.05) is 12.1 Å². The maximum absolute atomic E-state index is 12.0. The fourth-order valence-electron chi connectivity index (χ4n) is 2.33. The summed E-state index contributed by atoms with van der Waals surface area (Å²) in [7, 11) is 0. The molecule has 1 aliphatic heterocycles. The molecule has 1 aromatic rings. The molecule has 7 heteroatoms. The van der Waals surface area contributed by atoms with E-state index in [0.29, 0.717) is 19.6 Å². The maximum atomic E-state index is 12.0. The van der Waals surface area contributed by atoms with Crippen LogP contribution in [-0.4, -0.2) is 36.5 Å². The van der Waals surface area contributed by atoms with Crippen LogP contribution < -0.4 is 11.1 Å². The van der Waals surface area contributed by atoms with E-state index in [0.717, 1.165) is 28.5 Å². The van der Waals surface area contributed by atoms with Crippen molar-refractivity contribution in [2.75, 3.05) is 19.6 Å². The average molecular weight is 316 g/mol. The number of nitrogens with one attached hydrogen (secondary N) is 1. The van der Waals surface area contributed by atoms with Gasteiger partial charge in [-0.05, 0) is 31.4 Å². The third kappa shape index (κ3) is 4.11. The fraction of sp³-hybridized carbons (Fsp3) is 0.538. The van der Waals surface area contributed by atoms with Crippen LogP contribution in [0.4, 0.5) is 4.79 Å². The van der Waals surface area contributed by atoms with Crippen molar-refractivity contribution in [1.29, 1.82) is 0 Å². The Bertz CT molecular complexity index is 492. The molecule has 110 valence electrons. The Morgan fingerprint density at radius 1 is 1.50 bits per heavy atom. The molecule has 20 heavy (non-hydrogen) atoms. The van der Waals surface area contributed by atoms with Gasteiger partial charge in [0.1, 0.15) is 0 Å². The smallest absolute Gasteiger partial charge is 0.314 e. The third-order valence-corrected chi connectivity index (χ3v) is 4.69. The Morgan fingerprint density at radius 3 is 2.95 bits per heavy atom. The van der Waals surface area contributed by atoms with E-state index >= 15 is 0 Å². The number of nitrogens with two attached hydrogens (primary N) is 1. The summed E-state index contributed by atoms with van der Waals surface area (Å²) in [6.45, 7) is 1.65. The van der Waals surface area contributed by atoms with Gasteiger partial charge in [0.2, 0.25) is 5.91 Å². The molecule has 2 rings (SSSR count). The number of thiophene rings is 1. The first-order valence-corrected chi connectivity index (χ1v) is 7.82. The van der Waals surface area contributed by atoms with Crippen molar-refractivity contribution in [3.05, 3.63) is 21.3 Å². The Hall–Kier alpha value is -1.27. The van der Waals surface area contributed by atoms with E-state index in [2.05, 4.69) is 5.32 Å². The highest BCUT2D eigenvalue weighted by atomic mass is 35.5. The van der Waals surface area contributed by atoms with Crippen molar-refractivity contribution in [2.45, 2.75) is 19.3 Å². The summed E-state index contributed by atoms with van der Waals surface area (Å²) >= 11 is 7.38. The minimum absolute atomic E-state index is 0.00129. The second kappa shape index (κ2) is 6.95. The largest absolute Gasteiger partial charge is 0.355 e. The molecule has 3 amide bonds. The quantitative estimate of drug-likeness (QED) is 0.889. The summed E-state index contributed by atoms with van der Waals surface area (Å²) in [4.78, 5) is 25.9. The average Bonchev–Trinajstić information content (AvgIpc) is 2.84. The van der Waals surface area contributed by atoms with Crippen LogP contribution in [0.3, 0.4) is 0 Å². The Balaban J connectivity index is 1.75. The number of urea groups is 1. The molecule has 1 fully saturated rings. The van der Waals surface area contributed by atoms with Gasteiger partial charge < -0.3 is 16.0 Å². The lowest BCUT2D eigenvalue weighted by atomic mass is 9.97. The van der Waals surface area contributed by atoms with Crippen molar-refractivity contribution < 1.29 is 9.59 Å². The van der Waals surface area contributed by atoms with E-state index in [1.165, 1.54) is 16.2 Å². The summed E-state index contributed by atoms with van der Waals surface area (Å²) < 4.78 is 0.760. The van der Waals surface area contributed by atoms with Gasteiger partial charge in [0.25, 0.3) is 0 Å². The lowest BCUT2D eigenvalue weighted by Crippen LogP contribution is -2.47. The van der Waals surface area contributed by atoms with E-state index in [4.69, 9.17) is 17.3 Å². The van der Waals surface area contributed by atoms with Gasteiger partial charge in [-0.25, -0.2) is 4.79 Å². The van der Waals surface area contributed by atoms with Crippen LogP contribution in [0.15, 0.2) is 12.1 Å². The number of hydrogen-bond acceptors (Lipinski definition) is 3. The van der Waals surface area contributed by atoms with Gasteiger partial charge >= 0.3 is 6.03 Å². The summed E-state index contributed by atoms with van der Waals surface area (Å²) in [5.74, 6) is -0.151. The van der Waals surface area contributed by atoms with Gasteiger partial charge in [0.15, 0.2) is 0 Å². The van der Waals surface area contributed by atoms with E-state index in [1.54, 1.807) is 0 Å². The molecule has 0 saturated carbocycles. The molecule has 1 atom stereocenters. The number of halogens is 1. The van der Waals surface area contributed by atoms with Gasteiger partial charge in [-0.15, -0.1) is 11.3 Å². The molecule has 0 radical (unpaired) electrons. The molecule has 1 aromatic heterocycles. The van der Waals surface area contributed by atoms with Crippen LogP contribution in [0.2, 0.25) is 4.34 Å². The molecule has 3 N–H and O–H groups in total. The van der Waals surface area contributed by atoms with Gasteiger partial charge in [-0.2, -0.15) is 0 Å². The number of primary amides is 1. The zero-order valence-electron chi connectivity index (χ0n) is 11.1. The third-order valence-electron chi connectivity index (χ3n) is 3.40. The monoisotopic (exact) mass is 315 g/mol. The van der Waals surface area contributed by atoms with Crippen molar-refractivity contribution in [3.8, 4) is 0 Å². The molecule has 5 nitrogen and oxygen atoms in total. The highest BCUT2D eigenvalue weighted by molar-refractivity contribution is 7.16.